The van der Waals surface area contributed by atoms with Crippen molar-refractivity contribution < 1.29 is 5.11 Å². The van der Waals surface area contributed by atoms with Crippen molar-refractivity contribution in [1.29, 1.82) is 0 Å². The van der Waals surface area contributed by atoms with E-state index >= 15 is 0 Å². The van der Waals surface area contributed by atoms with Gasteiger partial charge < -0.3 is 10.8 Å². The molecule has 0 spiro atoms. The molecule has 0 heterocycles. The quantitative estimate of drug-likeness (QED) is 0.736. The second kappa shape index (κ2) is 3.48. The van der Waals surface area contributed by atoms with Crippen molar-refractivity contribution in [3.05, 3.63) is 0 Å². The molecule has 4 saturated carbocycles. The summed E-state index contributed by atoms with van der Waals surface area (Å²) < 4.78 is 0. The van der Waals surface area contributed by atoms with Crippen LogP contribution >= 0.6 is 0 Å². The summed E-state index contributed by atoms with van der Waals surface area (Å²) in [7, 11) is 0. The molecular formula is C15H27NO. The molecule has 0 aromatic heterocycles. The first-order valence-electron chi connectivity index (χ1n) is 7.36. The summed E-state index contributed by atoms with van der Waals surface area (Å²) in [6, 6.07) is 0. The maximum atomic E-state index is 11.1. The molecule has 0 aromatic rings. The fraction of sp³-hybridized carbons (Fsp3) is 1.00. The molecule has 0 aliphatic heterocycles. The lowest BCUT2D eigenvalue weighted by atomic mass is 9.54. The molecule has 98 valence electrons. The Balaban J connectivity index is 1.88. The molecule has 0 aromatic carbocycles. The molecule has 0 amide bonds. The predicted molar refractivity (Wildman–Crippen MR) is 69.6 cm³/mol. The zero-order valence-electron chi connectivity index (χ0n) is 11.3. The predicted octanol–water partition coefficient (Wildman–Crippen LogP) is 2.84. The van der Waals surface area contributed by atoms with Crippen LogP contribution in [0.5, 0.6) is 0 Å². The summed E-state index contributed by atoms with van der Waals surface area (Å²) >= 11 is 0. The van der Waals surface area contributed by atoms with E-state index in [1.807, 2.05) is 0 Å². The second-order valence-electron chi connectivity index (χ2n) is 7.83. The van der Waals surface area contributed by atoms with Crippen molar-refractivity contribution in [3.8, 4) is 0 Å². The van der Waals surface area contributed by atoms with Crippen LogP contribution in [-0.2, 0) is 0 Å². The molecule has 3 N–H and O–H groups in total. The molecule has 17 heavy (non-hydrogen) atoms. The highest BCUT2D eigenvalue weighted by atomic mass is 16.3. The standard InChI is InChI=1S/C15H27NO/c1-13(2)7-8-14(17,10-13)15(16)9-11-3-5-12(15)6-4-11/h11-12,17H,3-10,16H2,1-2H3. The van der Waals surface area contributed by atoms with Gasteiger partial charge in [-0.3, -0.25) is 0 Å². The summed E-state index contributed by atoms with van der Waals surface area (Å²) in [6.45, 7) is 4.55. The average Bonchev–Trinajstić information content (AvgIpc) is 2.56. The van der Waals surface area contributed by atoms with Crippen LogP contribution in [0.2, 0.25) is 0 Å². The van der Waals surface area contributed by atoms with E-state index in [4.69, 9.17) is 5.73 Å². The Labute approximate surface area is 105 Å². The zero-order chi connectivity index (χ0) is 12.3. The summed E-state index contributed by atoms with van der Waals surface area (Å²) in [5, 5.41) is 11.1. The monoisotopic (exact) mass is 237 g/mol. The lowest BCUT2D eigenvalue weighted by Crippen LogP contribution is -2.67. The number of hydrogen-bond donors (Lipinski definition) is 2. The Kier molecular flexibility index (Phi) is 2.45. The SMILES string of the molecule is CC1(C)CCC(O)(C2(N)CC3CCC2CC3)C1. The Bertz CT molecular complexity index is 319. The van der Waals surface area contributed by atoms with Crippen molar-refractivity contribution in [2.45, 2.75) is 76.4 Å². The fourth-order valence-corrected chi connectivity index (χ4v) is 5.01. The number of fused-ring (bicyclic) bond motifs is 3. The van der Waals surface area contributed by atoms with Gasteiger partial charge in [-0.2, -0.15) is 0 Å². The van der Waals surface area contributed by atoms with Gasteiger partial charge >= 0.3 is 0 Å². The maximum Gasteiger partial charge on any atom is 0.0834 e. The van der Waals surface area contributed by atoms with Crippen LogP contribution in [0.1, 0.15) is 65.2 Å². The van der Waals surface area contributed by atoms with Crippen LogP contribution in [0.3, 0.4) is 0 Å². The highest BCUT2D eigenvalue weighted by Gasteiger charge is 2.60. The van der Waals surface area contributed by atoms with E-state index in [1.54, 1.807) is 0 Å². The molecule has 2 unspecified atom stereocenters. The number of rotatable bonds is 1. The molecule has 2 nitrogen and oxygen atoms in total. The lowest BCUT2D eigenvalue weighted by molar-refractivity contribution is -0.106. The van der Waals surface area contributed by atoms with Crippen molar-refractivity contribution >= 4 is 0 Å². The summed E-state index contributed by atoms with van der Waals surface area (Å²) in [5.41, 5.74) is 6.17. The van der Waals surface area contributed by atoms with Crippen LogP contribution in [0.25, 0.3) is 0 Å². The number of hydrogen-bond acceptors (Lipinski definition) is 2. The van der Waals surface area contributed by atoms with Crippen LogP contribution in [-0.4, -0.2) is 16.2 Å². The molecule has 0 radical (unpaired) electrons. The minimum Gasteiger partial charge on any atom is -0.388 e. The molecule has 2 heteroatoms. The van der Waals surface area contributed by atoms with Gasteiger partial charge in [0.05, 0.1) is 5.60 Å². The first kappa shape index (κ1) is 12.0. The van der Waals surface area contributed by atoms with Crippen molar-refractivity contribution in [1.82, 2.24) is 0 Å². The van der Waals surface area contributed by atoms with Gasteiger partial charge in [-0.05, 0) is 55.8 Å². The van der Waals surface area contributed by atoms with E-state index in [0.717, 1.165) is 31.6 Å². The van der Waals surface area contributed by atoms with Crippen molar-refractivity contribution in [3.63, 3.8) is 0 Å². The molecule has 2 atom stereocenters. The summed E-state index contributed by atoms with van der Waals surface area (Å²) in [4.78, 5) is 0. The van der Waals surface area contributed by atoms with Gasteiger partial charge in [0.1, 0.15) is 0 Å². The van der Waals surface area contributed by atoms with E-state index in [9.17, 15) is 5.11 Å². The average molecular weight is 237 g/mol. The van der Waals surface area contributed by atoms with E-state index in [1.165, 1.54) is 25.7 Å². The smallest absolute Gasteiger partial charge is 0.0834 e. The normalized spacial score (nSPS) is 52.9. The summed E-state index contributed by atoms with van der Waals surface area (Å²) in [5.74, 6) is 1.36. The number of aliphatic hydroxyl groups is 1. The fourth-order valence-electron chi connectivity index (χ4n) is 5.01. The molecule has 4 aliphatic rings. The highest BCUT2D eigenvalue weighted by molar-refractivity contribution is 5.15. The van der Waals surface area contributed by atoms with E-state index in [2.05, 4.69) is 13.8 Å². The highest BCUT2D eigenvalue weighted by Crippen LogP contribution is 2.57. The molecule has 4 fully saturated rings. The third-order valence-electron chi connectivity index (χ3n) is 6.05. The summed E-state index contributed by atoms with van der Waals surface area (Å²) in [6.07, 6.45) is 9.23. The number of nitrogens with two attached hydrogens (primary N) is 1. The van der Waals surface area contributed by atoms with Gasteiger partial charge in [0.25, 0.3) is 0 Å². The van der Waals surface area contributed by atoms with Crippen LogP contribution in [0, 0.1) is 17.3 Å². The third kappa shape index (κ3) is 1.67. The third-order valence-corrected chi connectivity index (χ3v) is 6.05. The van der Waals surface area contributed by atoms with Crippen molar-refractivity contribution in [2.24, 2.45) is 23.0 Å². The van der Waals surface area contributed by atoms with Gasteiger partial charge in [0.2, 0.25) is 0 Å². The van der Waals surface area contributed by atoms with E-state index in [0.29, 0.717) is 5.92 Å². The lowest BCUT2D eigenvalue weighted by Gasteiger charge is -2.56. The van der Waals surface area contributed by atoms with Gasteiger partial charge in [-0.15, -0.1) is 0 Å². The van der Waals surface area contributed by atoms with Gasteiger partial charge in [0, 0.05) is 5.54 Å². The van der Waals surface area contributed by atoms with E-state index < -0.39 is 5.60 Å². The molecule has 4 rings (SSSR count). The van der Waals surface area contributed by atoms with Gasteiger partial charge in [-0.1, -0.05) is 26.7 Å². The molecule has 2 bridgehead atoms. The Hall–Kier alpha value is -0.0800. The van der Waals surface area contributed by atoms with Crippen LogP contribution in [0.15, 0.2) is 0 Å². The van der Waals surface area contributed by atoms with Gasteiger partial charge in [0.15, 0.2) is 0 Å². The van der Waals surface area contributed by atoms with Crippen LogP contribution in [0.4, 0.5) is 0 Å². The largest absolute Gasteiger partial charge is 0.388 e. The molecular weight excluding hydrogens is 210 g/mol. The second-order valence-corrected chi connectivity index (χ2v) is 7.83. The minimum atomic E-state index is -0.583. The first-order valence-corrected chi connectivity index (χ1v) is 7.36. The zero-order valence-corrected chi connectivity index (χ0v) is 11.3. The Morgan fingerprint density at radius 2 is 1.71 bits per heavy atom. The van der Waals surface area contributed by atoms with Crippen molar-refractivity contribution in [2.75, 3.05) is 0 Å². The Morgan fingerprint density at radius 1 is 1.06 bits per heavy atom. The Morgan fingerprint density at radius 3 is 2.12 bits per heavy atom. The first-order chi connectivity index (χ1) is 7.85. The minimum absolute atomic E-state index is 0.276. The maximum absolute atomic E-state index is 11.1. The molecule has 4 aliphatic carbocycles. The topological polar surface area (TPSA) is 46.2 Å². The van der Waals surface area contributed by atoms with Gasteiger partial charge in [-0.25, -0.2) is 0 Å². The molecule has 0 saturated heterocycles. The van der Waals surface area contributed by atoms with E-state index in [-0.39, 0.29) is 11.0 Å². The van der Waals surface area contributed by atoms with Crippen LogP contribution < -0.4 is 5.73 Å².